The highest BCUT2D eigenvalue weighted by molar-refractivity contribution is 8.00. The van der Waals surface area contributed by atoms with Crippen LogP contribution in [0.2, 0.25) is 0 Å². The van der Waals surface area contributed by atoms with Crippen molar-refractivity contribution in [3.05, 3.63) is 77.9 Å². The van der Waals surface area contributed by atoms with Crippen LogP contribution in [0.4, 0.5) is 11.4 Å². The summed E-state index contributed by atoms with van der Waals surface area (Å²) in [5.74, 6) is 0.399. The van der Waals surface area contributed by atoms with E-state index >= 15 is 0 Å². The molecule has 8 nitrogen and oxygen atoms in total. The first-order valence-corrected chi connectivity index (χ1v) is 11.5. The summed E-state index contributed by atoms with van der Waals surface area (Å²) in [6.07, 6.45) is 0. The summed E-state index contributed by atoms with van der Waals surface area (Å²) in [6, 6.07) is 18.7. The second-order valence-electron chi connectivity index (χ2n) is 7.15. The first-order chi connectivity index (χ1) is 16.5. The van der Waals surface area contributed by atoms with Crippen LogP contribution >= 0.6 is 11.8 Å². The number of amides is 2. The zero-order valence-electron chi connectivity index (χ0n) is 18.3. The average molecular weight is 479 g/mol. The summed E-state index contributed by atoms with van der Waals surface area (Å²) in [7, 11) is 0. The van der Waals surface area contributed by atoms with Gasteiger partial charge in [0.15, 0.2) is 11.5 Å². The molecule has 34 heavy (non-hydrogen) atoms. The molecule has 174 valence electrons. The van der Waals surface area contributed by atoms with Gasteiger partial charge in [-0.2, -0.15) is 0 Å². The minimum atomic E-state index is -0.416. The molecule has 2 N–H and O–H groups in total. The van der Waals surface area contributed by atoms with Crippen molar-refractivity contribution in [3.8, 4) is 11.5 Å². The van der Waals surface area contributed by atoms with Crippen LogP contribution in [0.15, 0.2) is 71.6 Å². The lowest BCUT2D eigenvalue weighted by Crippen LogP contribution is -2.16. The van der Waals surface area contributed by atoms with Gasteiger partial charge in [0, 0.05) is 22.3 Å². The van der Waals surface area contributed by atoms with E-state index in [0.29, 0.717) is 45.5 Å². The van der Waals surface area contributed by atoms with Crippen molar-refractivity contribution in [3.63, 3.8) is 0 Å². The number of esters is 1. The van der Waals surface area contributed by atoms with Crippen LogP contribution in [0.1, 0.15) is 27.6 Å². The molecule has 0 atom stereocenters. The van der Waals surface area contributed by atoms with Gasteiger partial charge in [0.05, 0.1) is 23.5 Å². The number of anilines is 2. The number of thioether (sulfide) groups is 1. The van der Waals surface area contributed by atoms with E-state index in [-0.39, 0.29) is 24.4 Å². The topological polar surface area (TPSA) is 103 Å². The fourth-order valence-corrected chi connectivity index (χ4v) is 4.05. The summed E-state index contributed by atoms with van der Waals surface area (Å²) < 4.78 is 15.6. The number of hydrogen-bond acceptors (Lipinski definition) is 7. The molecule has 0 aliphatic carbocycles. The van der Waals surface area contributed by atoms with Gasteiger partial charge in [0.25, 0.3) is 5.91 Å². The molecule has 1 aliphatic rings. The Balaban J connectivity index is 1.36. The summed E-state index contributed by atoms with van der Waals surface area (Å²) in [6.45, 7) is 2.19. The average Bonchev–Trinajstić information content (AvgIpc) is 3.31. The van der Waals surface area contributed by atoms with Crippen LogP contribution in [0.5, 0.6) is 11.5 Å². The van der Waals surface area contributed by atoms with E-state index in [4.69, 9.17) is 14.2 Å². The van der Waals surface area contributed by atoms with Crippen molar-refractivity contribution in [2.45, 2.75) is 11.8 Å². The number of nitrogens with one attached hydrogen (secondary N) is 2. The van der Waals surface area contributed by atoms with E-state index in [9.17, 15) is 14.4 Å². The lowest BCUT2D eigenvalue weighted by Gasteiger charge is -2.11. The Kier molecular flexibility index (Phi) is 7.34. The van der Waals surface area contributed by atoms with Crippen LogP contribution in [0.3, 0.4) is 0 Å². The van der Waals surface area contributed by atoms with Crippen LogP contribution in [0, 0.1) is 0 Å². The number of benzene rings is 3. The fourth-order valence-electron chi connectivity index (χ4n) is 3.20. The number of rotatable bonds is 8. The van der Waals surface area contributed by atoms with Crippen molar-refractivity contribution in [2.24, 2.45) is 0 Å². The summed E-state index contributed by atoms with van der Waals surface area (Å²) in [5.41, 5.74) is 1.99. The third-order valence-electron chi connectivity index (χ3n) is 4.80. The van der Waals surface area contributed by atoms with E-state index in [0.717, 1.165) is 0 Å². The lowest BCUT2D eigenvalue weighted by molar-refractivity contribution is -0.113. The maximum absolute atomic E-state index is 12.9. The predicted octanol–water partition coefficient (Wildman–Crippen LogP) is 4.58. The van der Waals surface area contributed by atoms with Crippen molar-refractivity contribution in [1.82, 2.24) is 0 Å². The van der Waals surface area contributed by atoms with Crippen molar-refractivity contribution >= 4 is 40.9 Å². The second-order valence-corrected chi connectivity index (χ2v) is 8.17. The van der Waals surface area contributed by atoms with E-state index in [1.54, 1.807) is 67.6 Å². The quantitative estimate of drug-likeness (QED) is 0.361. The third-order valence-corrected chi connectivity index (χ3v) is 5.87. The van der Waals surface area contributed by atoms with Gasteiger partial charge < -0.3 is 24.8 Å². The number of carbonyl (C=O) groups is 3. The fraction of sp³-hybridized carbons (Fsp3) is 0.160. The van der Waals surface area contributed by atoms with Gasteiger partial charge in [-0.05, 0) is 55.5 Å². The highest BCUT2D eigenvalue weighted by Gasteiger charge is 2.16. The zero-order chi connectivity index (χ0) is 23.9. The third kappa shape index (κ3) is 5.68. The summed E-state index contributed by atoms with van der Waals surface area (Å²) in [5, 5.41) is 5.64. The Morgan fingerprint density at radius 1 is 0.912 bits per heavy atom. The van der Waals surface area contributed by atoms with Gasteiger partial charge in [-0.1, -0.05) is 12.1 Å². The normalized spacial score (nSPS) is 11.6. The van der Waals surface area contributed by atoms with E-state index in [2.05, 4.69) is 10.6 Å². The van der Waals surface area contributed by atoms with Crippen LogP contribution in [0.25, 0.3) is 0 Å². The zero-order valence-corrected chi connectivity index (χ0v) is 19.1. The number of carbonyl (C=O) groups excluding carboxylic acids is 3. The number of fused-ring (bicyclic) bond motifs is 1. The standard InChI is InChI=1S/C25H22N2O6S/c1-2-31-25(30)16-7-9-17(10-8-16)27-24(29)19-5-3-4-6-22(19)34-14-23(28)26-18-11-12-20-21(13-18)33-15-32-20/h3-13H,2,14-15H2,1H3,(H,26,28)(H,27,29). The van der Waals surface area contributed by atoms with Gasteiger partial charge in [-0.15, -0.1) is 11.8 Å². The summed E-state index contributed by atoms with van der Waals surface area (Å²) in [4.78, 5) is 37.8. The molecule has 3 aromatic rings. The van der Waals surface area contributed by atoms with Crippen molar-refractivity contribution in [2.75, 3.05) is 29.8 Å². The Labute approximate surface area is 200 Å². The predicted molar refractivity (Wildman–Crippen MR) is 129 cm³/mol. The van der Waals surface area contributed by atoms with Crippen molar-refractivity contribution in [1.29, 1.82) is 0 Å². The smallest absolute Gasteiger partial charge is 0.338 e. The van der Waals surface area contributed by atoms with Gasteiger partial charge >= 0.3 is 5.97 Å². The maximum atomic E-state index is 12.9. The van der Waals surface area contributed by atoms with Crippen LogP contribution in [-0.4, -0.2) is 36.9 Å². The molecule has 0 spiro atoms. The van der Waals surface area contributed by atoms with Gasteiger partial charge in [0.1, 0.15) is 0 Å². The SMILES string of the molecule is CCOC(=O)c1ccc(NC(=O)c2ccccc2SCC(=O)Nc2ccc3c(c2)OCO3)cc1. The Morgan fingerprint density at radius 3 is 2.44 bits per heavy atom. The Hall–Kier alpha value is -3.98. The molecule has 0 aromatic heterocycles. The highest BCUT2D eigenvalue weighted by Crippen LogP contribution is 2.34. The molecule has 2 amide bonds. The minimum absolute atomic E-state index is 0.118. The second kappa shape index (κ2) is 10.8. The molecule has 4 rings (SSSR count). The molecule has 1 aliphatic heterocycles. The molecule has 0 unspecified atom stereocenters. The Morgan fingerprint density at radius 2 is 1.65 bits per heavy atom. The highest BCUT2D eigenvalue weighted by atomic mass is 32.2. The molecule has 0 bridgehead atoms. The maximum Gasteiger partial charge on any atom is 0.338 e. The van der Waals surface area contributed by atoms with Crippen molar-refractivity contribution < 1.29 is 28.6 Å². The largest absolute Gasteiger partial charge is 0.462 e. The number of hydrogen-bond donors (Lipinski definition) is 2. The van der Waals surface area contributed by atoms with E-state index in [1.165, 1.54) is 11.8 Å². The van der Waals surface area contributed by atoms with E-state index < -0.39 is 5.97 Å². The first kappa shape index (κ1) is 23.2. The van der Waals surface area contributed by atoms with Gasteiger partial charge in [0.2, 0.25) is 12.7 Å². The lowest BCUT2D eigenvalue weighted by atomic mass is 10.2. The molecule has 0 saturated heterocycles. The summed E-state index contributed by atoms with van der Waals surface area (Å²) >= 11 is 1.26. The van der Waals surface area contributed by atoms with Crippen LogP contribution in [-0.2, 0) is 9.53 Å². The molecule has 0 saturated carbocycles. The van der Waals surface area contributed by atoms with E-state index in [1.807, 2.05) is 6.07 Å². The molecule has 0 fully saturated rings. The molecule has 0 radical (unpaired) electrons. The number of ether oxygens (including phenoxy) is 3. The van der Waals surface area contributed by atoms with Crippen LogP contribution < -0.4 is 20.1 Å². The molecule has 3 aromatic carbocycles. The molecule has 9 heteroatoms. The van der Waals surface area contributed by atoms with Gasteiger partial charge in [-0.3, -0.25) is 9.59 Å². The monoisotopic (exact) mass is 478 g/mol. The molecular weight excluding hydrogens is 456 g/mol. The molecule has 1 heterocycles. The Bertz CT molecular complexity index is 1210. The first-order valence-electron chi connectivity index (χ1n) is 10.5. The van der Waals surface area contributed by atoms with Gasteiger partial charge in [-0.25, -0.2) is 4.79 Å². The molecular formula is C25H22N2O6S. The minimum Gasteiger partial charge on any atom is -0.462 e.